The monoisotopic (exact) mass is 420 g/mol. The van der Waals surface area contributed by atoms with Gasteiger partial charge in [-0.05, 0) is 61.4 Å². The minimum atomic E-state index is -0.262. The minimum Gasteiger partial charge on any atom is -0.497 e. The molecule has 7 nitrogen and oxygen atoms in total. The standard InChI is InChI=1S/C22H20N4O3S/c1-14-4-7-17(12-15(14)2)25-10-11-26-20(21(25)28)23-24-22(26)30-13-19(27)16-5-8-18(29-3)9-6-16/h4-12H,13H2,1-3H3. The van der Waals surface area contributed by atoms with Crippen molar-refractivity contribution >= 4 is 23.2 Å². The van der Waals surface area contributed by atoms with Crippen LogP contribution >= 0.6 is 11.8 Å². The van der Waals surface area contributed by atoms with Crippen molar-refractivity contribution < 1.29 is 9.53 Å². The molecule has 0 aliphatic heterocycles. The predicted octanol–water partition coefficient (Wildman–Crippen LogP) is 3.48. The number of benzene rings is 2. The maximum atomic E-state index is 12.9. The number of hydrogen-bond donors (Lipinski definition) is 0. The molecule has 4 aromatic rings. The van der Waals surface area contributed by atoms with Gasteiger partial charge in [-0.15, -0.1) is 10.2 Å². The summed E-state index contributed by atoms with van der Waals surface area (Å²) >= 11 is 1.24. The van der Waals surface area contributed by atoms with Gasteiger partial charge < -0.3 is 4.74 Å². The van der Waals surface area contributed by atoms with Gasteiger partial charge in [-0.2, -0.15) is 0 Å². The van der Waals surface area contributed by atoms with Gasteiger partial charge in [0.1, 0.15) is 5.75 Å². The number of carbonyl (C=O) groups excluding carboxylic acids is 1. The van der Waals surface area contributed by atoms with E-state index in [9.17, 15) is 9.59 Å². The molecule has 0 aliphatic carbocycles. The normalized spacial score (nSPS) is 11.0. The third-order valence-corrected chi connectivity index (χ3v) is 5.90. The van der Waals surface area contributed by atoms with E-state index < -0.39 is 0 Å². The molecule has 30 heavy (non-hydrogen) atoms. The fourth-order valence-corrected chi connectivity index (χ4v) is 3.85. The Balaban J connectivity index is 1.57. The van der Waals surface area contributed by atoms with E-state index in [-0.39, 0.29) is 22.7 Å². The quantitative estimate of drug-likeness (QED) is 0.351. The number of rotatable bonds is 6. The molecule has 0 saturated carbocycles. The number of carbonyl (C=O) groups is 1. The molecule has 0 bridgehead atoms. The smallest absolute Gasteiger partial charge is 0.300 e. The van der Waals surface area contributed by atoms with Gasteiger partial charge >= 0.3 is 5.56 Å². The summed E-state index contributed by atoms with van der Waals surface area (Å²) in [5, 5.41) is 8.65. The van der Waals surface area contributed by atoms with Crippen LogP contribution < -0.4 is 10.3 Å². The lowest BCUT2D eigenvalue weighted by molar-refractivity contribution is 0.102. The summed E-state index contributed by atoms with van der Waals surface area (Å²) in [5.41, 5.74) is 3.59. The van der Waals surface area contributed by atoms with E-state index in [1.807, 2.05) is 32.0 Å². The fourth-order valence-electron chi connectivity index (χ4n) is 3.03. The minimum absolute atomic E-state index is 0.0390. The molecule has 2 aromatic heterocycles. The second kappa shape index (κ2) is 8.16. The second-order valence-corrected chi connectivity index (χ2v) is 7.80. The lowest BCUT2D eigenvalue weighted by Gasteiger charge is -2.08. The van der Waals surface area contributed by atoms with Crippen molar-refractivity contribution in [3.8, 4) is 11.4 Å². The average Bonchev–Trinajstić information content (AvgIpc) is 3.18. The Morgan fingerprint density at radius 2 is 1.80 bits per heavy atom. The molecule has 4 rings (SSSR count). The number of methoxy groups -OCH3 is 1. The number of nitrogens with zero attached hydrogens (tertiary/aromatic N) is 4. The first kappa shape index (κ1) is 19.9. The third-order valence-electron chi connectivity index (χ3n) is 4.95. The average molecular weight is 420 g/mol. The van der Waals surface area contributed by atoms with Crippen LogP contribution in [0.4, 0.5) is 0 Å². The molecule has 0 fully saturated rings. The van der Waals surface area contributed by atoms with Crippen molar-refractivity contribution in [3.63, 3.8) is 0 Å². The van der Waals surface area contributed by atoms with Crippen molar-refractivity contribution in [1.82, 2.24) is 19.2 Å². The lowest BCUT2D eigenvalue weighted by atomic mass is 10.1. The van der Waals surface area contributed by atoms with Crippen molar-refractivity contribution in [2.45, 2.75) is 19.0 Å². The molecule has 0 N–H and O–H groups in total. The number of hydrogen-bond acceptors (Lipinski definition) is 6. The number of ketones is 1. The van der Waals surface area contributed by atoms with Gasteiger partial charge in [0, 0.05) is 23.6 Å². The van der Waals surface area contributed by atoms with Gasteiger partial charge in [-0.3, -0.25) is 18.6 Å². The van der Waals surface area contributed by atoms with E-state index in [4.69, 9.17) is 4.74 Å². The summed E-state index contributed by atoms with van der Waals surface area (Å²) in [5.74, 6) is 0.846. The van der Waals surface area contributed by atoms with Crippen molar-refractivity contribution in [2.75, 3.05) is 12.9 Å². The highest BCUT2D eigenvalue weighted by molar-refractivity contribution is 7.99. The second-order valence-electron chi connectivity index (χ2n) is 6.86. The van der Waals surface area contributed by atoms with Gasteiger partial charge in [0.2, 0.25) is 5.65 Å². The molecule has 0 unspecified atom stereocenters. The number of Topliss-reactive ketones (excluding diaryl/α,β-unsaturated/α-hetero) is 1. The van der Waals surface area contributed by atoms with Crippen LogP contribution in [0.3, 0.4) is 0 Å². The third kappa shape index (κ3) is 3.73. The number of aryl methyl sites for hydroxylation is 2. The maximum absolute atomic E-state index is 12.9. The lowest BCUT2D eigenvalue weighted by Crippen LogP contribution is -2.20. The Kier molecular flexibility index (Phi) is 5.41. The first-order valence-electron chi connectivity index (χ1n) is 9.32. The largest absolute Gasteiger partial charge is 0.497 e. The van der Waals surface area contributed by atoms with Crippen LogP contribution in [0.25, 0.3) is 11.3 Å². The molecule has 152 valence electrons. The molecule has 0 radical (unpaired) electrons. The van der Waals surface area contributed by atoms with Gasteiger partial charge in [-0.25, -0.2) is 0 Å². The highest BCUT2D eigenvalue weighted by Gasteiger charge is 2.14. The van der Waals surface area contributed by atoms with Gasteiger partial charge in [0.05, 0.1) is 12.9 Å². The first-order valence-corrected chi connectivity index (χ1v) is 10.3. The number of thioether (sulfide) groups is 1. The summed E-state index contributed by atoms with van der Waals surface area (Å²) in [6, 6.07) is 12.8. The van der Waals surface area contributed by atoms with Crippen LogP contribution in [-0.4, -0.2) is 37.8 Å². The van der Waals surface area contributed by atoms with Crippen LogP contribution in [0.15, 0.2) is 64.8 Å². The van der Waals surface area contributed by atoms with Crippen molar-refractivity contribution in [1.29, 1.82) is 0 Å². The number of ether oxygens (including phenoxy) is 1. The van der Waals surface area contributed by atoms with Crippen LogP contribution in [0.2, 0.25) is 0 Å². The molecule has 8 heteroatoms. The molecule has 0 amide bonds. The van der Waals surface area contributed by atoms with E-state index in [1.165, 1.54) is 11.8 Å². The number of fused-ring (bicyclic) bond motifs is 1. The van der Waals surface area contributed by atoms with E-state index in [0.29, 0.717) is 16.5 Å². The highest BCUT2D eigenvalue weighted by atomic mass is 32.2. The van der Waals surface area contributed by atoms with E-state index in [1.54, 1.807) is 52.7 Å². The van der Waals surface area contributed by atoms with Gasteiger partial charge in [0.25, 0.3) is 0 Å². The van der Waals surface area contributed by atoms with Crippen molar-refractivity contribution in [3.05, 3.63) is 81.9 Å². The molecule has 0 aliphatic rings. The van der Waals surface area contributed by atoms with Crippen LogP contribution in [-0.2, 0) is 0 Å². The van der Waals surface area contributed by atoms with Crippen molar-refractivity contribution in [2.24, 2.45) is 0 Å². The van der Waals surface area contributed by atoms with E-state index >= 15 is 0 Å². The summed E-state index contributed by atoms with van der Waals surface area (Å²) in [4.78, 5) is 25.4. The summed E-state index contributed by atoms with van der Waals surface area (Å²) in [6.45, 7) is 4.04. The van der Waals surface area contributed by atoms with E-state index in [0.717, 1.165) is 16.8 Å². The Hall–Kier alpha value is -3.39. The highest BCUT2D eigenvalue weighted by Crippen LogP contribution is 2.19. The summed E-state index contributed by atoms with van der Waals surface area (Å²) < 4.78 is 8.28. The van der Waals surface area contributed by atoms with Crippen LogP contribution in [0.5, 0.6) is 5.75 Å². The Morgan fingerprint density at radius 1 is 1.03 bits per heavy atom. The predicted molar refractivity (Wildman–Crippen MR) is 116 cm³/mol. The molecular formula is C22H20N4O3S. The summed E-state index contributed by atoms with van der Waals surface area (Å²) in [6.07, 6.45) is 3.43. The summed E-state index contributed by atoms with van der Waals surface area (Å²) in [7, 11) is 1.58. The molecule has 2 heterocycles. The molecular weight excluding hydrogens is 400 g/mol. The molecule has 2 aromatic carbocycles. The first-order chi connectivity index (χ1) is 14.5. The molecule has 0 saturated heterocycles. The van der Waals surface area contributed by atoms with E-state index in [2.05, 4.69) is 10.2 Å². The Morgan fingerprint density at radius 3 is 2.50 bits per heavy atom. The maximum Gasteiger partial charge on any atom is 0.300 e. The van der Waals surface area contributed by atoms with Crippen LogP contribution in [0.1, 0.15) is 21.5 Å². The zero-order valence-corrected chi connectivity index (χ0v) is 17.6. The molecule has 0 atom stereocenters. The zero-order chi connectivity index (χ0) is 21.3. The van der Waals surface area contributed by atoms with Gasteiger partial charge in [0.15, 0.2) is 10.9 Å². The SMILES string of the molecule is COc1ccc(C(=O)CSc2nnc3c(=O)n(-c4ccc(C)c(C)c4)ccn23)cc1. The zero-order valence-electron chi connectivity index (χ0n) is 16.8. The molecule has 0 spiro atoms. The fraction of sp³-hybridized carbons (Fsp3) is 0.182. The topological polar surface area (TPSA) is 78.5 Å². The Bertz CT molecular complexity index is 1290. The van der Waals surface area contributed by atoms with Crippen LogP contribution in [0, 0.1) is 13.8 Å². The Labute approximate surface area is 177 Å². The number of aromatic nitrogens is 4. The van der Waals surface area contributed by atoms with Gasteiger partial charge in [-0.1, -0.05) is 17.8 Å².